The molecule has 8 heteroatoms. The molecule has 0 saturated heterocycles. The predicted octanol–water partition coefficient (Wildman–Crippen LogP) is 2.78. The number of benzene rings is 2. The van der Waals surface area contributed by atoms with Crippen molar-refractivity contribution in [1.29, 1.82) is 0 Å². The summed E-state index contributed by atoms with van der Waals surface area (Å²) >= 11 is 0. The second kappa shape index (κ2) is 7.65. The molecule has 0 radical (unpaired) electrons. The van der Waals surface area contributed by atoms with Crippen LogP contribution in [0, 0.1) is 0 Å². The summed E-state index contributed by atoms with van der Waals surface area (Å²) in [5.41, 5.74) is 3.79. The summed E-state index contributed by atoms with van der Waals surface area (Å²) < 4.78 is 4.01. The second-order valence-corrected chi connectivity index (χ2v) is 7.02. The molecule has 146 valence electrons. The molecule has 28 heavy (non-hydrogen) atoms. The molecule has 2 aromatic carbocycles. The molecule has 0 aliphatic rings. The number of aromatic nitrogens is 6. The smallest absolute Gasteiger partial charge is 0.142 e. The van der Waals surface area contributed by atoms with Gasteiger partial charge in [-0.3, -0.25) is 9.80 Å². The minimum atomic E-state index is -0.104. The fourth-order valence-electron chi connectivity index (χ4n) is 3.62. The van der Waals surface area contributed by atoms with Crippen molar-refractivity contribution >= 4 is 22.1 Å². The SMILES string of the molecule is CCN(C)C(C(N(C)CC)n1nnc2ccccc21)n1nnc2ccccc21. The van der Waals surface area contributed by atoms with Gasteiger partial charge in [-0.15, -0.1) is 10.2 Å². The molecule has 0 fully saturated rings. The molecular formula is C20H26N8. The van der Waals surface area contributed by atoms with Gasteiger partial charge >= 0.3 is 0 Å². The molecule has 0 saturated carbocycles. The van der Waals surface area contributed by atoms with Crippen molar-refractivity contribution < 1.29 is 0 Å². The van der Waals surface area contributed by atoms with E-state index in [-0.39, 0.29) is 12.3 Å². The zero-order chi connectivity index (χ0) is 19.7. The zero-order valence-corrected chi connectivity index (χ0v) is 16.8. The normalized spacial score (nSPS) is 14.4. The summed E-state index contributed by atoms with van der Waals surface area (Å²) in [7, 11) is 4.22. The Bertz CT molecular complexity index is 982. The Kier molecular flexibility index (Phi) is 5.06. The number of nitrogens with zero attached hydrogens (tertiary/aromatic N) is 8. The van der Waals surface area contributed by atoms with Gasteiger partial charge in [0, 0.05) is 0 Å². The lowest BCUT2D eigenvalue weighted by Crippen LogP contribution is -2.44. The van der Waals surface area contributed by atoms with Gasteiger partial charge in [-0.05, 0) is 51.5 Å². The Morgan fingerprint density at radius 3 is 1.50 bits per heavy atom. The van der Waals surface area contributed by atoms with E-state index in [1.54, 1.807) is 0 Å². The first kappa shape index (κ1) is 18.5. The van der Waals surface area contributed by atoms with Gasteiger partial charge in [0.05, 0.1) is 11.0 Å². The van der Waals surface area contributed by atoms with Crippen molar-refractivity contribution in [2.24, 2.45) is 0 Å². The van der Waals surface area contributed by atoms with Crippen LogP contribution in [0.5, 0.6) is 0 Å². The lowest BCUT2D eigenvalue weighted by molar-refractivity contribution is 0.0157. The van der Waals surface area contributed by atoms with Crippen LogP contribution in [0.1, 0.15) is 26.2 Å². The molecule has 0 amide bonds. The first-order valence-electron chi connectivity index (χ1n) is 9.66. The van der Waals surface area contributed by atoms with Crippen molar-refractivity contribution in [1.82, 2.24) is 39.8 Å². The molecule has 8 nitrogen and oxygen atoms in total. The first-order chi connectivity index (χ1) is 13.7. The van der Waals surface area contributed by atoms with E-state index in [0.29, 0.717) is 0 Å². The van der Waals surface area contributed by atoms with E-state index < -0.39 is 0 Å². The third kappa shape index (κ3) is 3.04. The quantitative estimate of drug-likeness (QED) is 0.493. The van der Waals surface area contributed by atoms with Gasteiger partial charge in [0.25, 0.3) is 0 Å². The fourth-order valence-corrected chi connectivity index (χ4v) is 3.62. The number of likely N-dealkylation sites (N-methyl/N-ethyl adjacent to an activating group) is 2. The minimum absolute atomic E-state index is 0.104. The van der Waals surface area contributed by atoms with Gasteiger partial charge in [-0.25, -0.2) is 9.36 Å². The highest BCUT2D eigenvalue weighted by molar-refractivity contribution is 5.75. The summed E-state index contributed by atoms with van der Waals surface area (Å²) in [5, 5.41) is 17.8. The van der Waals surface area contributed by atoms with Crippen LogP contribution in [-0.4, -0.2) is 67.0 Å². The Labute approximate surface area is 164 Å². The van der Waals surface area contributed by atoms with Crippen LogP contribution in [0.2, 0.25) is 0 Å². The third-order valence-electron chi connectivity index (χ3n) is 5.42. The van der Waals surface area contributed by atoms with Gasteiger partial charge in [0.15, 0.2) is 0 Å². The zero-order valence-electron chi connectivity index (χ0n) is 16.8. The summed E-state index contributed by atoms with van der Waals surface area (Å²) in [6, 6.07) is 16.1. The molecule has 0 spiro atoms. The van der Waals surface area contributed by atoms with Crippen LogP contribution in [-0.2, 0) is 0 Å². The third-order valence-corrected chi connectivity index (χ3v) is 5.42. The van der Waals surface area contributed by atoms with E-state index in [9.17, 15) is 0 Å². The number of rotatable bonds is 7. The maximum atomic E-state index is 4.53. The molecule has 2 atom stereocenters. The molecule has 2 aromatic heterocycles. The average molecular weight is 378 g/mol. The van der Waals surface area contributed by atoms with Crippen LogP contribution < -0.4 is 0 Å². The average Bonchev–Trinajstić information content (AvgIpc) is 3.35. The molecular weight excluding hydrogens is 352 g/mol. The first-order valence-corrected chi connectivity index (χ1v) is 9.66. The van der Waals surface area contributed by atoms with E-state index in [1.165, 1.54) is 0 Å². The summed E-state index contributed by atoms with van der Waals surface area (Å²) in [5.74, 6) is 0. The van der Waals surface area contributed by atoms with Crippen LogP contribution in [0.25, 0.3) is 22.1 Å². The Balaban J connectivity index is 1.92. The van der Waals surface area contributed by atoms with Crippen molar-refractivity contribution in [3.8, 4) is 0 Å². The van der Waals surface area contributed by atoms with Crippen LogP contribution in [0.3, 0.4) is 0 Å². The molecule has 2 heterocycles. The Hall–Kier alpha value is -2.84. The Morgan fingerprint density at radius 1 is 0.714 bits per heavy atom. The highest BCUT2D eigenvalue weighted by Gasteiger charge is 2.34. The minimum Gasteiger partial charge on any atom is -0.282 e. The summed E-state index contributed by atoms with van der Waals surface area (Å²) in [6.07, 6.45) is -0.208. The molecule has 0 N–H and O–H groups in total. The Morgan fingerprint density at radius 2 is 1.11 bits per heavy atom. The standard InChI is InChI=1S/C20H26N8/c1-5-25(3)19(27-17-13-9-7-11-15(17)21-23-27)20(26(4)6-2)28-18-14-10-8-12-16(18)22-24-28/h7-14,19-20H,5-6H2,1-4H3. The van der Waals surface area contributed by atoms with Gasteiger partial charge in [0.2, 0.25) is 0 Å². The number of fused-ring (bicyclic) bond motifs is 2. The van der Waals surface area contributed by atoms with Crippen LogP contribution >= 0.6 is 0 Å². The highest BCUT2D eigenvalue weighted by atomic mass is 15.6. The molecule has 4 aromatic rings. The topological polar surface area (TPSA) is 67.9 Å². The van der Waals surface area contributed by atoms with Crippen molar-refractivity contribution in [2.75, 3.05) is 27.2 Å². The van der Waals surface area contributed by atoms with E-state index in [2.05, 4.69) is 70.5 Å². The van der Waals surface area contributed by atoms with E-state index in [4.69, 9.17) is 0 Å². The predicted molar refractivity (Wildman–Crippen MR) is 110 cm³/mol. The number of para-hydroxylation sites is 2. The number of hydrogen-bond acceptors (Lipinski definition) is 6. The van der Waals surface area contributed by atoms with Gasteiger partial charge in [0.1, 0.15) is 23.4 Å². The molecule has 0 aliphatic carbocycles. The van der Waals surface area contributed by atoms with Gasteiger partial charge in [-0.1, -0.05) is 48.5 Å². The van der Waals surface area contributed by atoms with E-state index in [0.717, 1.165) is 35.2 Å². The maximum Gasteiger partial charge on any atom is 0.142 e. The molecule has 0 aliphatic heterocycles. The summed E-state index contributed by atoms with van der Waals surface area (Å²) in [6.45, 7) is 6.02. The number of hydrogen-bond donors (Lipinski definition) is 0. The van der Waals surface area contributed by atoms with Gasteiger partial charge < -0.3 is 0 Å². The van der Waals surface area contributed by atoms with E-state index in [1.807, 2.05) is 45.8 Å². The highest BCUT2D eigenvalue weighted by Crippen LogP contribution is 2.32. The monoisotopic (exact) mass is 378 g/mol. The maximum absolute atomic E-state index is 4.53. The van der Waals surface area contributed by atoms with Crippen LogP contribution in [0.15, 0.2) is 48.5 Å². The van der Waals surface area contributed by atoms with Crippen molar-refractivity contribution in [3.63, 3.8) is 0 Å². The van der Waals surface area contributed by atoms with E-state index >= 15 is 0 Å². The van der Waals surface area contributed by atoms with Crippen LogP contribution in [0.4, 0.5) is 0 Å². The van der Waals surface area contributed by atoms with Crippen molar-refractivity contribution in [2.45, 2.75) is 26.2 Å². The lowest BCUT2D eigenvalue weighted by Gasteiger charge is -2.38. The fraction of sp³-hybridized carbons (Fsp3) is 0.400. The lowest BCUT2D eigenvalue weighted by atomic mass is 10.2. The largest absolute Gasteiger partial charge is 0.282 e. The van der Waals surface area contributed by atoms with Crippen molar-refractivity contribution in [3.05, 3.63) is 48.5 Å². The summed E-state index contributed by atoms with van der Waals surface area (Å²) in [4.78, 5) is 4.54. The molecule has 2 unspecified atom stereocenters. The second-order valence-electron chi connectivity index (χ2n) is 7.02. The molecule has 4 rings (SSSR count). The van der Waals surface area contributed by atoms with Gasteiger partial charge in [-0.2, -0.15) is 0 Å². The molecule has 0 bridgehead atoms.